The van der Waals surface area contributed by atoms with Crippen molar-refractivity contribution in [1.29, 1.82) is 0 Å². The van der Waals surface area contributed by atoms with Gasteiger partial charge in [-0.25, -0.2) is 9.13 Å². The van der Waals surface area contributed by atoms with Crippen molar-refractivity contribution >= 4 is 21.8 Å². The first-order valence-corrected chi connectivity index (χ1v) is 7.81. The molecule has 116 valence electrons. The Labute approximate surface area is 146 Å². The zero-order chi connectivity index (χ0) is 14.9. The van der Waals surface area contributed by atoms with Gasteiger partial charge in [0.2, 0.25) is 6.33 Å². The van der Waals surface area contributed by atoms with Gasteiger partial charge in [0, 0.05) is 5.39 Å². The van der Waals surface area contributed by atoms with Crippen LogP contribution in [0.3, 0.4) is 0 Å². The molecule has 0 amide bonds. The number of benzene rings is 3. The molecule has 0 spiro atoms. The van der Waals surface area contributed by atoms with E-state index in [1.807, 2.05) is 0 Å². The monoisotopic (exact) mass is 366 g/mol. The maximum atomic E-state index is 2.37. The Morgan fingerprint density at radius 3 is 2.39 bits per heavy atom. The smallest absolute Gasteiger partial charge is 0.245 e. The summed E-state index contributed by atoms with van der Waals surface area (Å²) in [5, 5.41) is 2.62. The molecule has 0 atom stereocenters. The fourth-order valence-electron chi connectivity index (χ4n) is 3.22. The zero-order valence-corrected chi connectivity index (χ0v) is 14.7. The third-order valence-corrected chi connectivity index (χ3v) is 4.29. The van der Waals surface area contributed by atoms with Crippen LogP contribution in [-0.2, 0) is 13.1 Å². The van der Waals surface area contributed by atoms with Crippen molar-refractivity contribution in [1.82, 2.24) is 4.57 Å². The van der Waals surface area contributed by atoms with Crippen molar-refractivity contribution in [3.8, 4) is 0 Å². The highest BCUT2D eigenvalue weighted by Crippen LogP contribution is 2.23. The third-order valence-electron chi connectivity index (χ3n) is 4.29. The molecule has 0 saturated carbocycles. The number of hydrogen-bond acceptors (Lipinski definition) is 0. The molecule has 0 aliphatic rings. The van der Waals surface area contributed by atoms with Crippen LogP contribution in [0.5, 0.6) is 0 Å². The highest BCUT2D eigenvalue weighted by molar-refractivity contribution is 6.02. The Kier molecular flexibility index (Phi) is 4.49. The standard InChI is InChI=1S/C20H19N2.BrH/c1-2-21-15-22(14-16-8-4-3-5-9-16)20-18-11-7-6-10-17(18)12-13-19(20)21;/h3-13,15H,2,14H2,1H3;1H/q+1;/p-1. The third kappa shape index (κ3) is 2.77. The van der Waals surface area contributed by atoms with Gasteiger partial charge in [0.05, 0.1) is 6.54 Å². The number of fused-ring (bicyclic) bond motifs is 3. The predicted molar refractivity (Wildman–Crippen MR) is 90.9 cm³/mol. The molecule has 0 aliphatic carbocycles. The fraction of sp³-hybridized carbons (Fsp3) is 0.150. The van der Waals surface area contributed by atoms with E-state index < -0.39 is 0 Å². The molecule has 1 aromatic heterocycles. The number of imidazole rings is 1. The van der Waals surface area contributed by atoms with Crippen LogP contribution in [0.15, 0.2) is 73.1 Å². The van der Waals surface area contributed by atoms with E-state index in [0.717, 1.165) is 13.1 Å². The lowest BCUT2D eigenvalue weighted by molar-refractivity contribution is -0.662. The molecule has 1 heterocycles. The first-order valence-electron chi connectivity index (χ1n) is 7.81. The Balaban J connectivity index is 0.00000156. The van der Waals surface area contributed by atoms with Gasteiger partial charge in [0.15, 0.2) is 11.0 Å². The summed E-state index contributed by atoms with van der Waals surface area (Å²) in [6.07, 6.45) is 2.24. The van der Waals surface area contributed by atoms with Gasteiger partial charge < -0.3 is 17.0 Å². The zero-order valence-electron chi connectivity index (χ0n) is 13.1. The van der Waals surface area contributed by atoms with Crippen LogP contribution in [-0.4, -0.2) is 4.57 Å². The molecule has 0 radical (unpaired) electrons. The van der Waals surface area contributed by atoms with Crippen LogP contribution in [0.2, 0.25) is 0 Å². The predicted octanol–water partition coefficient (Wildman–Crippen LogP) is 1.15. The number of hydrogen-bond donors (Lipinski definition) is 0. The molecule has 0 N–H and O–H groups in total. The molecule has 0 saturated heterocycles. The van der Waals surface area contributed by atoms with Gasteiger partial charge in [0.1, 0.15) is 6.54 Å². The van der Waals surface area contributed by atoms with E-state index in [1.54, 1.807) is 0 Å². The minimum absolute atomic E-state index is 0. The van der Waals surface area contributed by atoms with Crippen molar-refractivity contribution in [3.63, 3.8) is 0 Å². The second kappa shape index (κ2) is 6.55. The van der Waals surface area contributed by atoms with Crippen LogP contribution in [0, 0.1) is 0 Å². The Morgan fingerprint density at radius 1 is 0.870 bits per heavy atom. The van der Waals surface area contributed by atoms with Crippen LogP contribution in [0.4, 0.5) is 0 Å². The topological polar surface area (TPSA) is 8.81 Å². The maximum absolute atomic E-state index is 2.37. The average molecular weight is 367 g/mol. The van der Waals surface area contributed by atoms with Crippen molar-refractivity contribution in [3.05, 3.63) is 78.6 Å². The summed E-state index contributed by atoms with van der Waals surface area (Å²) < 4.78 is 4.70. The fourth-order valence-corrected chi connectivity index (χ4v) is 3.22. The average Bonchev–Trinajstić information content (AvgIpc) is 2.94. The molecular weight excluding hydrogens is 348 g/mol. The molecule has 0 aliphatic heterocycles. The van der Waals surface area contributed by atoms with E-state index in [2.05, 4.69) is 89.1 Å². The number of nitrogens with zero attached hydrogens (tertiary/aromatic N) is 2. The summed E-state index contributed by atoms with van der Waals surface area (Å²) in [6, 6.07) is 23.7. The van der Waals surface area contributed by atoms with Gasteiger partial charge in [-0.15, -0.1) is 0 Å². The lowest BCUT2D eigenvalue weighted by Crippen LogP contribution is -3.00. The van der Waals surface area contributed by atoms with Crippen molar-refractivity contribution in [2.45, 2.75) is 20.0 Å². The lowest BCUT2D eigenvalue weighted by Gasteiger charge is -2.01. The Bertz CT molecular complexity index is 942. The van der Waals surface area contributed by atoms with Crippen LogP contribution >= 0.6 is 0 Å². The summed E-state index contributed by atoms with van der Waals surface area (Å²) in [6.45, 7) is 4.08. The van der Waals surface area contributed by atoms with E-state index >= 15 is 0 Å². The van der Waals surface area contributed by atoms with E-state index in [-0.39, 0.29) is 17.0 Å². The first-order chi connectivity index (χ1) is 10.9. The van der Waals surface area contributed by atoms with Crippen molar-refractivity contribution in [2.75, 3.05) is 0 Å². The molecule has 2 nitrogen and oxygen atoms in total. The van der Waals surface area contributed by atoms with Crippen LogP contribution in [0.25, 0.3) is 21.8 Å². The molecule has 3 heteroatoms. The molecule has 23 heavy (non-hydrogen) atoms. The Morgan fingerprint density at radius 2 is 1.61 bits per heavy atom. The molecule has 0 bridgehead atoms. The minimum Gasteiger partial charge on any atom is -1.00 e. The quantitative estimate of drug-likeness (QED) is 0.481. The van der Waals surface area contributed by atoms with Crippen molar-refractivity contribution in [2.24, 2.45) is 0 Å². The second-order valence-electron chi connectivity index (χ2n) is 5.67. The van der Waals surface area contributed by atoms with Gasteiger partial charge in [-0.2, -0.15) is 0 Å². The van der Waals surface area contributed by atoms with Gasteiger partial charge in [-0.1, -0.05) is 48.5 Å². The molecular formula is C20H19BrN2. The number of rotatable bonds is 3. The van der Waals surface area contributed by atoms with Crippen LogP contribution < -0.4 is 21.5 Å². The highest BCUT2D eigenvalue weighted by atomic mass is 79.9. The van der Waals surface area contributed by atoms with E-state index in [4.69, 9.17) is 0 Å². The summed E-state index contributed by atoms with van der Waals surface area (Å²) in [5.74, 6) is 0. The number of aryl methyl sites for hydroxylation is 1. The highest BCUT2D eigenvalue weighted by Gasteiger charge is 2.17. The van der Waals surface area contributed by atoms with Gasteiger partial charge in [-0.05, 0) is 36.1 Å². The largest absolute Gasteiger partial charge is 1.00 e. The van der Waals surface area contributed by atoms with Gasteiger partial charge >= 0.3 is 0 Å². The normalized spacial score (nSPS) is 10.8. The summed E-state index contributed by atoms with van der Waals surface area (Å²) in [4.78, 5) is 0. The summed E-state index contributed by atoms with van der Waals surface area (Å²) >= 11 is 0. The SMILES string of the molecule is CCn1c[n+](Cc2ccccc2)c2c3ccccc3ccc21.[Br-]. The molecule has 4 rings (SSSR count). The Hall–Kier alpha value is -2.13. The minimum atomic E-state index is 0. The summed E-state index contributed by atoms with van der Waals surface area (Å²) in [5.41, 5.74) is 3.96. The number of aromatic nitrogens is 2. The lowest BCUT2D eigenvalue weighted by atomic mass is 10.1. The van der Waals surface area contributed by atoms with Crippen molar-refractivity contribution < 1.29 is 21.5 Å². The second-order valence-corrected chi connectivity index (χ2v) is 5.67. The van der Waals surface area contributed by atoms with Gasteiger partial charge in [0.25, 0.3) is 0 Å². The first kappa shape index (κ1) is 15.8. The summed E-state index contributed by atoms with van der Waals surface area (Å²) in [7, 11) is 0. The van der Waals surface area contributed by atoms with E-state index in [1.165, 1.54) is 27.4 Å². The van der Waals surface area contributed by atoms with E-state index in [0.29, 0.717) is 0 Å². The van der Waals surface area contributed by atoms with E-state index in [9.17, 15) is 0 Å². The molecule has 0 fully saturated rings. The molecule has 3 aromatic carbocycles. The van der Waals surface area contributed by atoms with Crippen LogP contribution in [0.1, 0.15) is 12.5 Å². The molecule has 0 unspecified atom stereocenters. The number of halogens is 1. The van der Waals surface area contributed by atoms with Gasteiger partial charge in [-0.3, -0.25) is 0 Å². The molecule has 4 aromatic rings. The maximum Gasteiger partial charge on any atom is 0.245 e.